The molecule has 0 radical (unpaired) electrons. The summed E-state index contributed by atoms with van der Waals surface area (Å²) in [7, 11) is 0. The van der Waals surface area contributed by atoms with Crippen molar-refractivity contribution >= 4 is 17.5 Å². The molecule has 2 amide bonds. The largest absolute Gasteiger partial charge is 0.337 e. The maximum Gasteiger partial charge on any atom is 0.263 e. The highest BCUT2D eigenvalue weighted by Crippen LogP contribution is 2.33. The van der Waals surface area contributed by atoms with Crippen molar-refractivity contribution in [3.8, 4) is 11.4 Å². The number of rotatable bonds is 4. The molecule has 150 valence electrons. The normalized spacial score (nSPS) is 20.3. The molecule has 0 bridgehead atoms. The Labute approximate surface area is 169 Å². The Morgan fingerprint density at radius 3 is 2.67 bits per heavy atom. The van der Waals surface area contributed by atoms with E-state index < -0.39 is 29.7 Å². The van der Waals surface area contributed by atoms with Crippen molar-refractivity contribution in [2.24, 2.45) is 10.3 Å². The van der Waals surface area contributed by atoms with Gasteiger partial charge in [0.05, 0.1) is 5.69 Å². The number of anilines is 1. The fourth-order valence-electron chi connectivity index (χ4n) is 3.50. The van der Waals surface area contributed by atoms with E-state index in [9.17, 15) is 14.0 Å². The Morgan fingerprint density at radius 2 is 1.90 bits per heavy atom. The molecule has 30 heavy (non-hydrogen) atoms. The quantitative estimate of drug-likeness (QED) is 0.617. The number of carbonyl (C=O) groups is 2. The Balaban J connectivity index is 1.36. The van der Waals surface area contributed by atoms with Crippen LogP contribution in [-0.2, 0) is 16.1 Å². The van der Waals surface area contributed by atoms with Gasteiger partial charge in [0.1, 0.15) is 12.4 Å². The van der Waals surface area contributed by atoms with E-state index >= 15 is 0 Å². The number of aromatic nitrogens is 2. The molecule has 2 aliphatic heterocycles. The van der Waals surface area contributed by atoms with Gasteiger partial charge in [-0.1, -0.05) is 46.3 Å². The van der Waals surface area contributed by atoms with Gasteiger partial charge in [0.2, 0.25) is 11.7 Å². The van der Waals surface area contributed by atoms with Crippen molar-refractivity contribution in [1.29, 1.82) is 0 Å². The second kappa shape index (κ2) is 6.83. The third-order valence-electron chi connectivity index (χ3n) is 5.00. The van der Waals surface area contributed by atoms with E-state index in [1.165, 1.54) is 23.2 Å². The standard InChI is InChI=1S/C20H15FN6O3/c1-11-5-7-12(8-6-11)18-22-15(30-24-18)10-26-17-16(23-25-26)19(28)27(20(17)29)14-4-2-3-13(21)9-14/h2-9,16-17H,10H2,1H3/t16-,17-/m1/s1. The molecular weight excluding hydrogens is 391 g/mol. The van der Waals surface area contributed by atoms with Crippen molar-refractivity contribution in [2.45, 2.75) is 25.6 Å². The molecule has 1 fully saturated rings. The topological polar surface area (TPSA) is 104 Å². The van der Waals surface area contributed by atoms with Crippen molar-refractivity contribution in [1.82, 2.24) is 15.1 Å². The zero-order valence-electron chi connectivity index (χ0n) is 15.8. The van der Waals surface area contributed by atoms with Gasteiger partial charge in [-0.25, -0.2) is 9.29 Å². The first-order valence-electron chi connectivity index (χ1n) is 9.22. The highest BCUT2D eigenvalue weighted by molar-refractivity contribution is 6.25. The summed E-state index contributed by atoms with van der Waals surface area (Å²) in [6.07, 6.45) is 0. The van der Waals surface area contributed by atoms with Gasteiger partial charge in [0, 0.05) is 5.56 Å². The van der Waals surface area contributed by atoms with Crippen LogP contribution in [0, 0.1) is 12.7 Å². The molecule has 0 aliphatic carbocycles. The van der Waals surface area contributed by atoms with Crippen LogP contribution in [0.4, 0.5) is 10.1 Å². The minimum Gasteiger partial charge on any atom is -0.337 e. The van der Waals surface area contributed by atoms with Crippen LogP contribution >= 0.6 is 0 Å². The number of fused-ring (bicyclic) bond motifs is 1. The first kappa shape index (κ1) is 18.1. The lowest BCUT2D eigenvalue weighted by atomic mass is 10.1. The Bertz CT molecular complexity index is 1180. The summed E-state index contributed by atoms with van der Waals surface area (Å²) in [6, 6.07) is 11.0. The monoisotopic (exact) mass is 406 g/mol. The van der Waals surface area contributed by atoms with Gasteiger partial charge in [-0.15, -0.1) is 0 Å². The molecule has 5 rings (SSSR count). The number of hydrogen-bond acceptors (Lipinski definition) is 8. The summed E-state index contributed by atoms with van der Waals surface area (Å²) in [5, 5.41) is 13.2. The van der Waals surface area contributed by atoms with E-state index in [2.05, 4.69) is 20.5 Å². The molecule has 0 saturated carbocycles. The van der Waals surface area contributed by atoms with E-state index in [1.54, 1.807) is 0 Å². The molecule has 0 spiro atoms. The van der Waals surface area contributed by atoms with Crippen LogP contribution in [-0.4, -0.2) is 39.0 Å². The molecule has 2 aliphatic rings. The first-order chi connectivity index (χ1) is 14.5. The van der Waals surface area contributed by atoms with Gasteiger partial charge in [-0.3, -0.25) is 14.6 Å². The summed E-state index contributed by atoms with van der Waals surface area (Å²) in [6.45, 7) is 1.99. The van der Waals surface area contributed by atoms with Crippen molar-refractivity contribution in [3.05, 3.63) is 65.8 Å². The lowest BCUT2D eigenvalue weighted by Crippen LogP contribution is -2.39. The van der Waals surface area contributed by atoms with Gasteiger partial charge in [-0.05, 0) is 25.1 Å². The summed E-state index contributed by atoms with van der Waals surface area (Å²) < 4.78 is 18.8. The minimum absolute atomic E-state index is 0.0134. The highest BCUT2D eigenvalue weighted by atomic mass is 19.1. The molecule has 3 heterocycles. The maximum atomic E-state index is 13.6. The van der Waals surface area contributed by atoms with Gasteiger partial charge in [0.15, 0.2) is 12.1 Å². The molecule has 0 unspecified atom stereocenters. The van der Waals surface area contributed by atoms with Gasteiger partial charge >= 0.3 is 0 Å². The highest BCUT2D eigenvalue weighted by Gasteiger charge is 2.55. The summed E-state index contributed by atoms with van der Waals surface area (Å²) in [5.74, 6) is -0.979. The third kappa shape index (κ3) is 2.93. The number of carbonyl (C=O) groups excluding carboxylic acids is 2. The van der Waals surface area contributed by atoms with Gasteiger partial charge < -0.3 is 4.52 Å². The molecule has 1 saturated heterocycles. The van der Waals surface area contributed by atoms with Crippen LogP contribution < -0.4 is 4.90 Å². The Morgan fingerprint density at radius 1 is 1.10 bits per heavy atom. The summed E-state index contributed by atoms with van der Waals surface area (Å²) in [4.78, 5) is 30.9. The predicted octanol–water partition coefficient (Wildman–Crippen LogP) is 2.68. The second-order valence-electron chi connectivity index (χ2n) is 7.06. The zero-order valence-corrected chi connectivity index (χ0v) is 15.8. The average Bonchev–Trinajstić information content (AvgIpc) is 3.41. The second-order valence-corrected chi connectivity index (χ2v) is 7.06. The van der Waals surface area contributed by atoms with Crippen LogP contribution in [0.5, 0.6) is 0 Å². The predicted molar refractivity (Wildman–Crippen MR) is 101 cm³/mol. The molecule has 1 aromatic heterocycles. The van der Waals surface area contributed by atoms with E-state index in [-0.39, 0.29) is 18.1 Å². The van der Waals surface area contributed by atoms with Crippen molar-refractivity contribution < 1.29 is 18.5 Å². The SMILES string of the molecule is Cc1ccc(-c2noc(CN3N=N[C@H]4C(=O)N(c5cccc(F)c5)C(=O)[C@@H]43)n2)cc1. The number of halogens is 1. The molecule has 2 atom stereocenters. The molecule has 0 N–H and O–H groups in total. The molecule has 3 aromatic rings. The van der Waals surface area contributed by atoms with E-state index in [0.717, 1.165) is 22.1 Å². The van der Waals surface area contributed by atoms with Crippen LogP contribution in [0.2, 0.25) is 0 Å². The Hall–Kier alpha value is -3.95. The fourth-order valence-corrected chi connectivity index (χ4v) is 3.50. The lowest BCUT2D eigenvalue weighted by Gasteiger charge is -2.19. The van der Waals surface area contributed by atoms with Crippen LogP contribution in [0.1, 0.15) is 11.5 Å². The average molecular weight is 406 g/mol. The summed E-state index contributed by atoms with van der Waals surface area (Å²) in [5.41, 5.74) is 2.06. The van der Waals surface area contributed by atoms with Crippen LogP contribution in [0.3, 0.4) is 0 Å². The third-order valence-corrected chi connectivity index (χ3v) is 5.00. The van der Waals surface area contributed by atoms with Crippen molar-refractivity contribution in [2.75, 3.05) is 4.90 Å². The van der Waals surface area contributed by atoms with E-state index in [4.69, 9.17) is 4.52 Å². The van der Waals surface area contributed by atoms with Gasteiger partial charge in [-0.2, -0.15) is 10.1 Å². The number of nitrogens with zero attached hydrogens (tertiary/aromatic N) is 6. The van der Waals surface area contributed by atoms with Crippen LogP contribution in [0.15, 0.2) is 63.4 Å². The molecular formula is C20H15FN6O3. The minimum atomic E-state index is -0.986. The number of aryl methyl sites for hydroxylation is 1. The van der Waals surface area contributed by atoms with Gasteiger partial charge in [0.25, 0.3) is 11.8 Å². The molecule has 9 nitrogen and oxygen atoms in total. The maximum absolute atomic E-state index is 13.6. The number of imide groups is 1. The smallest absolute Gasteiger partial charge is 0.263 e. The van der Waals surface area contributed by atoms with E-state index in [1.807, 2.05) is 31.2 Å². The fraction of sp³-hybridized carbons (Fsp3) is 0.200. The number of benzene rings is 2. The zero-order chi connectivity index (χ0) is 20.8. The molecule has 10 heteroatoms. The van der Waals surface area contributed by atoms with Crippen LogP contribution in [0.25, 0.3) is 11.4 Å². The number of hydrogen-bond donors (Lipinski definition) is 0. The first-order valence-corrected chi connectivity index (χ1v) is 9.22. The van der Waals surface area contributed by atoms with E-state index in [0.29, 0.717) is 5.82 Å². The summed E-state index contributed by atoms with van der Waals surface area (Å²) >= 11 is 0. The molecule has 2 aromatic carbocycles. The Kier molecular flexibility index (Phi) is 4.12. The van der Waals surface area contributed by atoms with Crippen molar-refractivity contribution in [3.63, 3.8) is 0 Å². The number of amides is 2. The lowest BCUT2D eigenvalue weighted by molar-refractivity contribution is -0.123.